The molecule has 1 amide bonds. The number of piperidine rings is 1. The first-order valence-corrected chi connectivity index (χ1v) is 11.9. The van der Waals surface area contributed by atoms with Crippen LogP contribution in [0.3, 0.4) is 0 Å². The fourth-order valence-corrected chi connectivity index (χ4v) is 5.00. The summed E-state index contributed by atoms with van der Waals surface area (Å²) >= 11 is 0. The second-order valence-electron chi connectivity index (χ2n) is 9.11. The fraction of sp³-hybridized carbons (Fsp3) is 0.417. The normalized spacial score (nSPS) is 15.4. The minimum Gasteiger partial charge on any atom is -0.339 e. The van der Waals surface area contributed by atoms with Crippen molar-refractivity contribution in [2.24, 2.45) is 5.92 Å². The maximum Gasteiger partial charge on any atom is 0.262 e. The van der Waals surface area contributed by atoms with Crippen LogP contribution in [0.5, 0.6) is 0 Å². The molecule has 1 aliphatic heterocycles. The van der Waals surface area contributed by atoms with E-state index in [1.807, 2.05) is 32.9 Å². The molecule has 0 radical (unpaired) electrons. The Morgan fingerprint density at radius 2 is 1.81 bits per heavy atom. The molecule has 1 fully saturated rings. The number of hydrogen-bond donors (Lipinski definition) is 1. The van der Waals surface area contributed by atoms with E-state index in [4.69, 9.17) is 5.26 Å². The zero-order valence-electron chi connectivity index (χ0n) is 18.5. The second kappa shape index (κ2) is 8.72. The van der Waals surface area contributed by atoms with Crippen molar-refractivity contribution < 1.29 is 13.2 Å². The topological polar surface area (TPSA) is 90.3 Å². The van der Waals surface area contributed by atoms with E-state index >= 15 is 0 Å². The summed E-state index contributed by atoms with van der Waals surface area (Å²) < 4.78 is 28.9. The standard InChI is InChI=1S/C24H29N3O3S/c1-17-8-9-20(24(2,3)4)15-22(17)31(29,30)26-21-7-5-6-19(14-21)23(28)27-12-10-18(16-25)11-13-27/h5-9,14-15,18,26H,10-13H2,1-4H3. The van der Waals surface area contributed by atoms with Crippen molar-refractivity contribution in [3.8, 4) is 6.07 Å². The highest BCUT2D eigenvalue weighted by Crippen LogP contribution is 2.28. The first kappa shape index (κ1) is 22.8. The number of nitrogens with one attached hydrogen (secondary N) is 1. The van der Waals surface area contributed by atoms with Gasteiger partial charge in [0.05, 0.1) is 11.0 Å². The average Bonchev–Trinajstić information content (AvgIpc) is 2.72. The van der Waals surface area contributed by atoms with Crippen LogP contribution in [0.15, 0.2) is 47.4 Å². The summed E-state index contributed by atoms with van der Waals surface area (Å²) in [7, 11) is -3.82. The third-order valence-electron chi connectivity index (χ3n) is 5.67. The zero-order valence-corrected chi connectivity index (χ0v) is 19.3. The number of carbonyl (C=O) groups is 1. The molecule has 0 spiro atoms. The van der Waals surface area contributed by atoms with E-state index in [2.05, 4.69) is 10.8 Å². The molecule has 3 rings (SSSR count). The SMILES string of the molecule is Cc1ccc(C(C)(C)C)cc1S(=O)(=O)Nc1cccc(C(=O)N2CCC(C#N)CC2)c1. The predicted octanol–water partition coefficient (Wildman–Crippen LogP) is 4.47. The van der Waals surface area contributed by atoms with Crippen molar-refractivity contribution in [3.05, 3.63) is 59.2 Å². The number of nitrogens with zero attached hydrogens (tertiary/aromatic N) is 2. The minimum atomic E-state index is -3.82. The van der Waals surface area contributed by atoms with E-state index in [1.54, 1.807) is 42.2 Å². The molecule has 0 aromatic heterocycles. The van der Waals surface area contributed by atoms with E-state index < -0.39 is 10.0 Å². The molecule has 1 saturated heterocycles. The van der Waals surface area contributed by atoms with Gasteiger partial charge in [0, 0.05) is 30.3 Å². The molecule has 0 saturated carbocycles. The molecule has 1 N–H and O–H groups in total. The van der Waals surface area contributed by atoms with Gasteiger partial charge in [-0.05, 0) is 60.6 Å². The van der Waals surface area contributed by atoms with Gasteiger partial charge < -0.3 is 4.90 Å². The Morgan fingerprint density at radius 3 is 2.42 bits per heavy atom. The first-order valence-electron chi connectivity index (χ1n) is 10.4. The number of rotatable bonds is 4. The number of sulfonamides is 1. The van der Waals surface area contributed by atoms with Gasteiger partial charge in [0.1, 0.15) is 0 Å². The Labute approximate surface area is 184 Å². The van der Waals surface area contributed by atoms with Gasteiger partial charge in [0.2, 0.25) is 0 Å². The summed E-state index contributed by atoms with van der Waals surface area (Å²) in [5.41, 5.74) is 2.19. The Balaban J connectivity index is 1.82. The van der Waals surface area contributed by atoms with Gasteiger partial charge in [-0.25, -0.2) is 8.42 Å². The third-order valence-corrected chi connectivity index (χ3v) is 7.19. The van der Waals surface area contributed by atoms with Crippen molar-refractivity contribution in [1.82, 2.24) is 4.90 Å². The molecule has 1 aliphatic rings. The van der Waals surface area contributed by atoms with Crippen LogP contribution in [0.2, 0.25) is 0 Å². The number of amides is 1. The molecule has 2 aromatic carbocycles. The number of carbonyl (C=O) groups excluding carboxylic acids is 1. The molecule has 1 heterocycles. The van der Waals surface area contributed by atoms with Crippen LogP contribution in [0.4, 0.5) is 5.69 Å². The number of hydrogen-bond acceptors (Lipinski definition) is 4. The van der Waals surface area contributed by atoms with E-state index in [1.165, 1.54) is 0 Å². The van der Waals surface area contributed by atoms with Crippen LogP contribution in [0, 0.1) is 24.2 Å². The lowest BCUT2D eigenvalue weighted by Gasteiger charge is -2.29. The number of anilines is 1. The van der Waals surface area contributed by atoms with E-state index in [0.717, 1.165) is 5.56 Å². The van der Waals surface area contributed by atoms with E-state index in [-0.39, 0.29) is 22.1 Å². The molecular weight excluding hydrogens is 410 g/mol. The molecule has 0 aliphatic carbocycles. The summed E-state index contributed by atoms with van der Waals surface area (Å²) in [6, 6.07) is 14.3. The number of aryl methyl sites for hydroxylation is 1. The first-order chi connectivity index (χ1) is 14.5. The fourth-order valence-electron chi connectivity index (χ4n) is 3.68. The summed E-state index contributed by atoms with van der Waals surface area (Å²) in [6.45, 7) is 8.95. The van der Waals surface area contributed by atoms with Crippen LogP contribution in [-0.2, 0) is 15.4 Å². The molecule has 164 valence electrons. The van der Waals surface area contributed by atoms with Crippen LogP contribution >= 0.6 is 0 Å². The molecule has 7 heteroatoms. The van der Waals surface area contributed by atoms with Crippen molar-refractivity contribution in [2.45, 2.75) is 50.8 Å². The second-order valence-corrected chi connectivity index (χ2v) is 10.8. The maximum atomic E-state index is 13.1. The Morgan fingerprint density at radius 1 is 1.13 bits per heavy atom. The van der Waals surface area contributed by atoms with Crippen LogP contribution in [0.1, 0.15) is 55.1 Å². The van der Waals surface area contributed by atoms with Crippen molar-refractivity contribution in [2.75, 3.05) is 17.8 Å². The predicted molar refractivity (Wildman–Crippen MR) is 121 cm³/mol. The van der Waals surface area contributed by atoms with Gasteiger partial charge in [-0.1, -0.05) is 39.0 Å². The van der Waals surface area contributed by atoms with Crippen molar-refractivity contribution >= 4 is 21.6 Å². The van der Waals surface area contributed by atoms with Gasteiger partial charge in [0.25, 0.3) is 15.9 Å². The number of nitriles is 1. The molecule has 0 atom stereocenters. The minimum absolute atomic E-state index is 0.00528. The lowest BCUT2D eigenvalue weighted by Crippen LogP contribution is -2.38. The Kier molecular flexibility index (Phi) is 6.42. The highest BCUT2D eigenvalue weighted by atomic mass is 32.2. The lowest BCUT2D eigenvalue weighted by molar-refractivity contribution is 0.0707. The molecule has 6 nitrogen and oxygen atoms in total. The van der Waals surface area contributed by atoms with Gasteiger partial charge in [-0.3, -0.25) is 9.52 Å². The van der Waals surface area contributed by atoms with Crippen LogP contribution in [0.25, 0.3) is 0 Å². The van der Waals surface area contributed by atoms with Crippen molar-refractivity contribution in [3.63, 3.8) is 0 Å². The largest absolute Gasteiger partial charge is 0.339 e. The van der Waals surface area contributed by atoms with Gasteiger partial charge in [-0.15, -0.1) is 0 Å². The van der Waals surface area contributed by atoms with Crippen LogP contribution in [-0.4, -0.2) is 32.3 Å². The summed E-state index contributed by atoms with van der Waals surface area (Å²) in [4.78, 5) is 14.8. The molecule has 2 aromatic rings. The van der Waals surface area contributed by atoms with Gasteiger partial charge in [-0.2, -0.15) is 5.26 Å². The Hall–Kier alpha value is -2.85. The quantitative estimate of drug-likeness (QED) is 0.761. The van der Waals surface area contributed by atoms with E-state index in [0.29, 0.717) is 42.7 Å². The monoisotopic (exact) mass is 439 g/mol. The molecule has 0 unspecified atom stereocenters. The summed E-state index contributed by atoms with van der Waals surface area (Å²) in [5.74, 6) is -0.155. The number of benzene rings is 2. The number of likely N-dealkylation sites (tertiary alicyclic amines) is 1. The van der Waals surface area contributed by atoms with Crippen LogP contribution < -0.4 is 4.72 Å². The molecule has 31 heavy (non-hydrogen) atoms. The van der Waals surface area contributed by atoms with Crippen molar-refractivity contribution in [1.29, 1.82) is 5.26 Å². The smallest absolute Gasteiger partial charge is 0.262 e. The molecular formula is C24H29N3O3S. The molecule has 0 bridgehead atoms. The zero-order chi connectivity index (χ0) is 22.8. The summed E-state index contributed by atoms with van der Waals surface area (Å²) in [6.07, 6.45) is 1.33. The van der Waals surface area contributed by atoms with E-state index in [9.17, 15) is 13.2 Å². The average molecular weight is 440 g/mol. The lowest BCUT2D eigenvalue weighted by atomic mass is 9.87. The highest BCUT2D eigenvalue weighted by Gasteiger charge is 2.25. The summed E-state index contributed by atoms with van der Waals surface area (Å²) in [5, 5.41) is 9.03. The van der Waals surface area contributed by atoms with Gasteiger partial charge >= 0.3 is 0 Å². The maximum absolute atomic E-state index is 13.1. The van der Waals surface area contributed by atoms with Gasteiger partial charge in [0.15, 0.2) is 0 Å². The highest BCUT2D eigenvalue weighted by molar-refractivity contribution is 7.92. The Bertz CT molecular complexity index is 1120. The third kappa shape index (κ3) is 5.26.